The molecule has 2 aliphatic rings. The normalized spacial score (nSPS) is 27.8. The molecule has 3 amide bonds. The second-order valence-electron chi connectivity index (χ2n) is 8.89. The van der Waals surface area contributed by atoms with Crippen LogP contribution in [-0.4, -0.2) is 60.6 Å². The van der Waals surface area contributed by atoms with Gasteiger partial charge >= 0.3 is 0 Å². The molecule has 1 saturated heterocycles. The standard InChI is InChI=1S/C24H33N3O5/c1-13(2)18(12-28)27-21(23(30)26-15-7-9-16(32-5)10-8-15)17-11-6-14(3)19(22(29)25-4)20(17)24(27)31/h6-11,13-14,17-21,28H,12H2,1-5H3,(H,25,29)(H,26,30)/t14-,17+,18+,19-,20-,21+/m1/s1. The minimum Gasteiger partial charge on any atom is -0.497 e. The van der Waals surface area contributed by atoms with Gasteiger partial charge in [-0.3, -0.25) is 14.4 Å². The molecule has 1 heterocycles. The highest BCUT2D eigenvalue weighted by Crippen LogP contribution is 2.45. The summed E-state index contributed by atoms with van der Waals surface area (Å²) in [6.45, 7) is 5.45. The lowest BCUT2D eigenvalue weighted by molar-refractivity contribution is -0.143. The van der Waals surface area contributed by atoms with Gasteiger partial charge in [-0.1, -0.05) is 32.9 Å². The van der Waals surface area contributed by atoms with Crippen LogP contribution in [0.25, 0.3) is 0 Å². The monoisotopic (exact) mass is 443 g/mol. The second-order valence-corrected chi connectivity index (χ2v) is 8.89. The highest BCUT2D eigenvalue weighted by Gasteiger charge is 2.58. The van der Waals surface area contributed by atoms with E-state index in [-0.39, 0.29) is 36.2 Å². The maximum Gasteiger partial charge on any atom is 0.247 e. The van der Waals surface area contributed by atoms with Gasteiger partial charge in [0.1, 0.15) is 11.8 Å². The fourth-order valence-electron chi connectivity index (χ4n) is 4.97. The first-order chi connectivity index (χ1) is 15.2. The Bertz CT molecular complexity index is 882. The van der Waals surface area contributed by atoms with Gasteiger partial charge in [0.2, 0.25) is 17.7 Å². The molecule has 3 N–H and O–H groups in total. The molecule has 0 unspecified atom stereocenters. The van der Waals surface area contributed by atoms with Crippen LogP contribution in [0.2, 0.25) is 0 Å². The van der Waals surface area contributed by atoms with Crippen LogP contribution in [0, 0.1) is 29.6 Å². The number of methoxy groups -OCH3 is 1. The van der Waals surface area contributed by atoms with Crippen LogP contribution in [0.3, 0.4) is 0 Å². The van der Waals surface area contributed by atoms with Crippen molar-refractivity contribution in [2.75, 3.05) is 26.1 Å². The number of ether oxygens (including phenoxy) is 1. The summed E-state index contributed by atoms with van der Waals surface area (Å²) in [7, 11) is 3.12. The molecular weight excluding hydrogens is 410 g/mol. The number of fused-ring (bicyclic) bond motifs is 1. The summed E-state index contributed by atoms with van der Waals surface area (Å²) in [5.74, 6) is -2.06. The minimum absolute atomic E-state index is 0.0692. The van der Waals surface area contributed by atoms with Gasteiger partial charge < -0.3 is 25.4 Å². The van der Waals surface area contributed by atoms with E-state index in [1.54, 1.807) is 38.4 Å². The van der Waals surface area contributed by atoms with Gasteiger partial charge in [0.05, 0.1) is 31.6 Å². The maximum absolute atomic E-state index is 13.7. The Balaban J connectivity index is 2.01. The molecule has 1 aromatic rings. The van der Waals surface area contributed by atoms with Gasteiger partial charge in [-0.15, -0.1) is 0 Å². The van der Waals surface area contributed by atoms with Gasteiger partial charge in [-0.25, -0.2) is 0 Å². The van der Waals surface area contributed by atoms with E-state index in [1.807, 2.05) is 32.9 Å². The SMILES string of the molecule is CNC(=O)[C@H]1[C@@H]2C(=O)N([C@@H](CO)C(C)C)[C@H](C(=O)Nc3ccc(OC)cc3)[C@H]2C=C[C@H]1C. The molecule has 1 aromatic carbocycles. The van der Waals surface area contributed by atoms with Crippen LogP contribution in [-0.2, 0) is 14.4 Å². The first kappa shape index (κ1) is 23.8. The van der Waals surface area contributed by atoms with Crippen molar-refractivity contribution < 1.29 is 24.2 Å². The molecule has 0 spiro atoms. The average molecular weight is 444 g/mol. The van der Waals surface area contributed by atoms with Crippen LogP contribution in [0.15, 0.2) is 36.4 Å². The smallest absolute Gasteiger partial charge is 0.247 e. The number of benzene rings is 1. The number of nitrogens with one attached hydrogen (secondary N) is 2. The molecule has 174 valence electrons. The molecule has 0 bridgehead atoms. The topological polar surface area (TPSA) is 108 Å². The lowest BCUT2D eigenvalue weighted by Crippen LogP contribution is -2.52. The Labute approximate surface area is 189 Å². The molecule has 1 aliphatic carbocycles. The van der Waals surface area contributed by atoms with Crippen LogP contribution in [0.5, 0.6) is 5.75 Å². The molecule has 1 fully saturated rings. The number of allylic oxidation sites excluding steroid dienone is 1. The van der Waals surface area contributed by atoms with Crippen LogP contribution >= 0.6 is 0 Å². The summed E-state index contributed by atoms with van der Waals surface area (Å²) in [5.41, 5.74) is 0.577. The Morgan fingerprint density at radius 1 is 1.16 bits per heavy atom. The van der Waals surface area contributed by atoms with E-state index >= 15 is 0 Å². The third-order valence-corrected chi connectivity index (χ3v) is 6.70. The summed E-state index contributed by atoms with van der Waals surface area (Å²) < 4.78 is 5.16. The number of amides is 3. The molecule has 32 heavy (non-hydrogen) atoms. The fourth-order valence-corrected chi connectivity index (χ4v) is 4.97. The number of carbonyl (C=O) groups excluding carboxylic acids is 3. The predicted molar refractivity (Wildman–Crippen MR) is 121 cm³/mol. The average Bonchev–Trinajstić information content (AvgIpc) is 3.06. The number of rotatable bonds is 7. The van der Waals surface area contributed by atoms with Crippen molar-refractivity contribution in [2.24, 2.45) is 29.6 Å². The van der Waals surface area contributed by atoms with Gasteiger partial charge in [0.15, 0.2) is 0 Å². The predicted octanol–water partition coefficient (Wildman–Crippen LogP) is 1.66. The number of likely N-dealkylation sites (tertiary alicyclic amines) is 1. The first-order valence-corrected chi connectivity index (χ1v) is 11.0. The lowest BCUT2D eigenvalue weighted by atomic mass is 9.70. The van der Waals surface area contributed by atoms with Crippen molar-refractivity contribution in [3.05, 3.63) is 36.4 Å². The molecule has 0 aromatic heterocycles. The van der Waals surface area contributed by atoms with Crippen molar-refractivity contribution in [3.63, 3.8) is 0 Å². The Kier molecular flexibility index (Phi) is 7.23. The highest BCUT2D eigenvalue weighted by molar-refractivity contribution is 6.02. The Morgan fingerprint density at radius 3 is 2.34 bits per heavy atom. The van der Waals surface area contributed by atoms with Crippen molar-refractivity contribution in [1.82, 2.24) is 10.2 Å². The Morgan fingerprint density at radius 2 is 1.81 bits per heavy atom. The van der Waals surface area contributed by atoms with E-state index in [4.69, 9.17) is 4.74 Å². The van der Waals surface area contributed by atoms with Crippen LogP contribution < -0.4 is 15.4 Å². The highest BCUT2D eigenvalue weighted by atomic mass is 16.5. The summed E-state index contributed by atoms with van der Waals surface area (Å²) >= 11 is 0. The molecular formula is C24H33N3O5. The molecule has 6 atom stereocenters. The Hall–Kier alpha value is -2.87. The molecule has 3 rings (SSSR count). The largest absolute Gasteiger partial charge is 0.497 e. The first-order valence-electron chi connectivity index (χ1n) is 11.0. The second kappa shape index (κ2) is 9.73. The van der Waals surface area contributed by atoms with E-state index < -0.39 is 29.8 Å². The molecule has 0 radical (unpaired) electrons. The number of hydrogen-bond donors (Lipinski definition) is 3. The van der Waals surface area contributed by atoms with Crippen molar-refractivity contribution in [1.29, 1.82) is 0 Å². The molecule has 8 nitrogen and oxygen atoms in total. The van der Waals surface area contributed by atoms with Gasteiger partial charge in [-0.05, 0) is 36.1 Å². The summed E-state index contributed by atoms with van der Waals surface area (Å²) in [6.07, 6.45) is 3.80. The zero-order valence-corrected chi connectivity index (χ0v) is 19.2. The van der Waals surface area contributed by atoms with Gasteiger partial charge in [0, 0.05) is 18.7 Å². The fraction of sp³-hybridized carbons (Fsp3) is 0.542. The van der Waals surface area contributed by atoms with E-state index in [1.165, 1.54) is 4.90 Å². The van der Waals surface area contributed by atoms with Crippen molar-refractivity contribution >= 4 is 23.4 Å². The number of aliphatic hydroxyl groups is 1. The van der Waals surface area contributed by atoms with Crippen molar-refractivity contribution in [3.8, 4) is 5.75 Å². The maximum atomic E-state index is 13.7. The molecule has 0 saturated carbocycles. The lowest BCUT2D eigenvalue weighted by Gasteiger charge is -2.35. The summed E-state index contributed by atoms with van der Waals surface area (Å²) in [4.78, 5) is 41.4. The quantitative estimate of drug-likeness (QED) is 0.556. The zero-order chi connectivity index (χ0) is 23.6. The summed E-state index contributed by atoms with van der Waals surface area (Å²) in [6, 6.07) is 5.58. The number of hydrogen-bond acceptors (Lipinski definition) is 5. The van der Waals surface area contributed by atoms with Crippen LogP contribution in [0.4, 0.5) is 5.69 Å². The van der Waals surface area contributed by atoms with E-state index in [0.717, 1.165) is 0 Å². The molecule has 1 aliphatic heterocycles. The number of anilines is 1. The molecule has 8 heteroatoms. The summed E-state index contributed by atoms with van der Waals surface area (Å²) in [5, 5.41) is 15.7. The number of nitrogens with zero attached hydrogens (tertiary/aromatic N) is 1. The van der Waals surface area contributed by atoms with Crippen molar-refractivity contribution in [2.45, 2.75) is 32.9 Å². The van der Waals surface area contributed by atoms with E-state index in [2.05, 4.69) is 10.6 Å². The van der Waals surface area contributed by atoms with Crippen LogP contribution in [0.1, 0.15) is 20.8 Å². The zero-order valence-electron chi connectivity index (χ0n) is 19.2. The third-order valence-electron chi connectivity index (χ3n) is 6.70. The number of aliphatic hydroxyl groups excluding tert-OH is 1. The van der Waals surface area contributed by atoms with E-state index in [0.29, 0.717) is 11.4 Å². The number of carbonyl (C=O) groups is 3. The minimum atomic E-state index is -0.829. The van der Waals surface area contributed by atoms with Gasteiger partial charge in [0.25, 0.3) is 0 Å². The van der Waals surface area contributed by atoms with E-state index in [9.17, 15) is 19.5 Å². The third kappa shape index (κ3) is 4.24. The van der Waals surface area contributed by atoms with Gasteiger partial charge in [-0.2, -0.15) is 0 Å².